The van der Waals surface area contributed by atoms with Crippen molar-refractivity contribution in [3.63, 3.8) is 0 Å². The van der Waals surface area contributed by atoms with Gasteiger partial charge >= 0.3 is 0 Å². The van der Waals surface area contributed by atoms with Crippen LogP contribution in [0.1, 0.15) is 51.9 Å². The van der Waals surface area contributed by atoms with Crippen LogP contribution >= 0.6 is 0 Å². The topological polar surface area (TPSA) is 49.7 Å². The highest BCUT2D eigenvalue weighted by molar-refractivity contribution is 4.92. The van der Waals surface area contributed by atoms with Crippen molar-refractivity contribution in [3.05, 3.63) is 0 Å². The van der Waals surface area contributed by atoms with Gasteiger partial charge in [0.15, 0.2) is 0 Å². The molecule has 0 aromatic heterocycles. The van der Waals surface area contributed by atoms with Gasteiger partial charge in [-0.15, -0.1) is 0 Å². The highest BCUT2D eigenvalue weighted by Crippen LogP contribution is 2.41. The van der Waals surface area contributed by atoms with E-state index in [1.807, 2.05) is 0 Å². The Morgan fingerprint density at radius 3 is 2.50 bits per heavy atom. The zero-order valence-corrected chi connectivity index (χ0v) is 10.2. The minimum absolute atomic E-state index is 0.0248. The fraction of sp³-hybridized carbons (Fsp3) is 1.00. The summed E-state index contributed by atoms with van der Waals surface area (Å²) >= 11 is 0. The van der Waals surface area contributed by atoms with Crippen LogP contribution in [0.5, 0.6) is 0 Å². The summed E-state index contributed by atoms with van der Waals surface area (Å²) in [5, 5.41) is 19.4. The van der Waals surface area contributed by atoms with Crippen LogP contribution in [0.3, 0.4) is 0 Å². The Balaban J connectivity index is 1.97. The Bertz CT molecular complexity index is 216. The summed E-state index contributed by atoms with van der Waals surface area (Å²) in [6.45, 7) is 2.42. The molecule has 94 valence electrons. The molecule has 3 nitrogen and oxygen atoms in total. The Kier molecular flexibility index (Phi) is 3.88. The van der Waals surface area contributed by atoms with Gasteiger partial charge in [-0.2, -0.15) is 0 Å². The standard InChI is InChI=1S/C13H24O3/c1-10(14)12(15)11-5-8-16-13(9-11)6-3-2-4-7-13/h10-12,14-15H,2-9H2,1H3. The average Bonchev–Trinajstić information content (AvgIpc) is 2.29. The molecule has 3 unspecified atom stereocenters. The van der Waals surface area contributed by atoms with Crippen LogP contribution in [0.25, 0.3) is 0 Å². The number of hydrogen-bond acceptors (Lipinski definition) is 3. The molecule has 3 atom stereocenters. The summed E-state index contributed by atoms with van der Waals surface area (Å²) in [7, 11) is 0. The van der Waals surface area contributed by atoms with Crippen molar-refractivity contribution in [2.45, 2.75) is 69.7 Å². The second-order valence-electron chi connectivity index (χ2n) is 5.58. The molecular formula is C13H24O3. The smallest absolute Gasteiger partial charge is 0.0826 e. The van der Waals surface area contributed by atoms with E-state index in [-0.39, 0.29) is 11.5 Å². The van der Waals surface area contributed by atoms with Gasteiger partial charge < -0.3 is 14.9 Å². The predicted molar refractivity (Wildman–Crippen MR) is 62.2 cm³/mol. The summed E-state index contributed by atoms with van der Waals surface area (Å²) < 4.78 is 5.97. The van der Waals surface area contributed by atoms with E-state index < -0.39 is 12.2 Å². The van der Waals surface area contributed by atoms with Crippen molar-refractivity contribution in [2.75, 3.05) is 6.61 Å². The van der Waals surface area contributed by atoms with Gasteiger partial charge in [-0.25, -0.2) is 0 Å². The van der Waals surface area contributed by atoms with Gasteiger partial charge in [0.2, 0.25) is 0 Å². The third-order valence-electron chi connectivity index (χ3n) is 4.27. The van der Waals surface area contributed by atoms with E-state index in [0.717, 1.165) is 32.3 Å². The first-order valence-corrected chi connectivity index (χ1v) is 6.63. The third kappa shape index (κ3) is 2.58. The molecule has 0 bridgehead atoms. The Morgan fingerprint density at radius 2 is 1.88 bits per heavy atom. The number of hydrogen-bond donors (Lipinski definition) is 2. The zero-order chi connectivity index (χ0) is 11.6. The van der Waals surface area contributed by atoms with Gasteiger partial charge in [-0.05, 0) is 38.5 Å². The predicted octanol–water partition coefficient (Wildman–Crippen LogP) is 1.86. The minimum atomic E-state index is -0.622. The normalized spacial score (nSPS) is 33.6. The molecule has 1 saturated carbocycles. The summed E-state index contributed by atoms with van der Waals surface area (Å²) in [5.41, 5.74) is 0.0248. The average molecular weight is 228 g/mol. The van der Waals surface area contributed by atoms with E-state index in [2.05, 4.69) is 0 Å². The van der Waals surface area contributed by atoms with Gasteiger partial charge in [0.1, 0.15) is 0 Å². The molecular weight excluding hydrogens is 204 g/mol. The SMILES string of the molecule is CC(O)C(O)C1CCOC2(CCCCC2)C1. The third-order valence-corrected chi connectivity index (χ3v) is 4.27. The highest BCUT2D eigenvalue weighted by atomic mass is 16.5. The van der Waals surface area contributed by atoms with Crippen LogP contribution in [0.4, 0.5) is 0 Å². The first-order valence-electron chi connectivity index (χ1n) is 6.63. The molecule has 0 radical (unpaired) electrons. The maximum absolute atomic E-state index is 9.96. The van der Waals surface area contributed by atoms with Crippen LogP contribution < -0.4 is 0 Å². The fourth-order valence-corrected chi connectivity index (χ4v) is 3.30. The molecule has 1 aliphatic heterocycles. The molecule has 2 rings (SSSR count). The largest absolute Gasteiger partial charge is 0.391 e. The van der Waals surface area contributed by atoms with Crippen molar-refractivity contribution >= 4 is 0 Å². The number of rotatable bonds is 2. The lowest BCUT2D eigenvalue weighted by molar-refractivity contribution is -0.144. The van der Waals surface area contributed by atoms with Crippen molar-refractivity contribution in [3.8, 4) is 0 Å². The molecule has 0 aromatic carbocycles. The molecule has 2 aliphatic rings. The first kappa shape index (κ1) is 12.3. The summed E-state index contributed by atoms with van der Waals surface area (Å²) in [6.07, 6.45) is 6.69. The van der Waals surface area contributed by atoms with Gasteiger partial charge in [0, 0.05) is 6.61 Å². The number of ether oxygens (including phenoxy) is 1. The minimum Gasteiger partial charge on any atom is -0.391 e. The Hall–Kier alpha value is -0.120. The van der Waals surface area contributed by atoms with E-state index in [9.17, 15) is 10.2 Å². The monoisotopic (exact) mass is 228 g/mol. The van der Waals surface area contributed by atoms with Crippen molar-refractivity contribution in [1.82, 2.24) is 0 Å². The van der Waals surface area contributed by atoms with Gasteiger partial charge in [-0.1, -0.05) is 19.3 Å². The van der Waals surface area contributed by atoms with Crippen molar-refractivity contribution in [2.24, 2.45) is 5.92 Å². The van der Waals surface area contributed by atoms with E-state index in [1.165, 1.54) is 19.3 Å². The van der Waals surface area contributed by atoms with E-state index in [4.69, 9.17) is 4.74 Å². The second-order valence-corrected chi connectivity index (χ2v) is 5.58. The van der Waals surface area contributed by atoms with Crippen LogP contribution in [-0.2, 0) is 4.74 Å². The van der Waals surface area contributed by atoms with Crippen LogP contribution in [-0.4, -0.2) is 34.6 Å². The molecule has 2 fully saturated rings. The number of aliphatic hydroxyl groups is 2. The maximum Gasteiger partial charge on any atom is 0.0826 e. The van der Waals surface area contributed by atoms with Crippen LogP contribution in [0.15, 0.2) is 0 Å². The Morgan fingerprint density at radius 1 is 1.19 bits per heavy atom. The second kappa shape index (κ2) is 5.03. The molecule has 1 aliphatic carbocycles. The highest BCUT2D eigenvalue weighted by Gasteiger charge is 2.41. The lowest BCUT2D eigenvalue weighted by Gasteiger charge is -2.45. The van der Waals surface area contributed by atoms with Gasteiger partial charge in [-0.3, -0.25) is 0 Å². The molecule has 0 amide bonds. The van der Waals surface area contributed by atoms with E-state index in [0.29, 0.717) is 0 Å². The molecule has 16 heavy (non-hydrogen) atoms. The first-order chi connectivity index (χ1) is 7.63. The Labute approximate surface area is 97.8 Å². The van der Waals surface area contributed by atoms with E-state index in [1.54, 1.807) is 6.92 Å². The lowest BCUT2D eigenvalue weighted by Crippen LogP contribution is -2.46. The summed E-state index contributed by atoms with van der Waals surface area (Å²) in [6, 6.07) is 0. The van der Waals surface area contributed by atoms with Crippen LogP contribution in [0, 0.1) is 5.92 Å². The van der Waals surface area contributed by atoms with Crippen LogP contribution in [0.2, 0.25) is 0 Å². The molecule has 1 heterocycles. The number of aliphatic hydroxyl groups excluding tert-OH is 2. The molecule has 0 aromatic rings. The summed E-state index contributed by atoms with van der Waals surface area (Å²) in [5.74, 6) is 0.215. The lowest BCUT2D eigenvalue weighted by atomic mass is 9.74. The fourth-order valence-electron chi connectivity index (χ4n) is 3.30. The molecule has 1 spiro atoms. The van der Waals surface area contributed by atoms with Gasteiger partial charge in [0.05, 0.1) is 17.8 Å². The van der Waals surface area contributed by atoms with E-state index >= 15 is 0 Å². The zero-order valence-electron chi connectivity index (χ0n) is 10.2. The van der Waals surface area contributed by atoms with Crippen molar-refractivity contribution in [1.29, 1.82) is 0 Å². The summed E-state index contributed by atoms with van der Waals surface area (Å²) in [4.78, 5) is 0. The molecule has 2 N–H and O–H groups in total. The molecule has 1 saturated heterocycles. The maximum atomic E-state index is 9.96. The van der Waals surface area contributed by atoms with Gasteiger partial charge in [0.25, 0.3) is 0 Å². The quantitative estimate of drug-likeness (QED) is 0.758. The molecule has 3 heteroatoms. The van der Waals surface area contributed by atoms with Crippen molar-refractivity contribution < 1.29 is 14.9 Å².